The smallest absolute Gasteiger partial charge is 0.0795 e. The van der Waals surface area contributed by atoms with Crippen LogP contribution in [0.5, 0.6) is 0 Å². The van der Waals surface area contributed by atoms with Crippen molar-refractivity contribution in [2.24, 2.45) is 47.3 Å². The Balaban J connectivity index is 0.987. The summed E-state index contributed by atoms with van der Waals surface area (Å²) in [5.74, 6) is 12.0. The van der Waals surface area contributed by atoms with E-state index in [4.69, 9.17) is 0 Å². The third-order valence-electron chi connectivity index (χ3n) is 18.5. The summed E-state index contributed by atoms with van der Waals surface area (Å²) in [4.78, 5) is 0. The van der Waals surface area contributed by atoms with Gasteiger partial charge in [-0.25, -0.2) is 0 Å². The summed E-state index contributed by atoms with van der Waals surface area (Å²) in [7, 11) is -1.90. The van der Waals surface area contributed by atoms with E-state index < -0.39 is 8.07 Å². The Labute approximate surface area is 298 Å². The molecule has 0 radical (unpaired) electrons. The Kier molecular flexibility index (Phi) is 6.49. The molecule has 9 aliphatic rings. The first-order valence-electron chi connectivity index (χ1n) is 21.7. The molecule has 12 atom stereocenters. The van der Waals surface area contributed by atoms with Crippen molar-refractivity contribution in [2.75, 3.05) is 0 Å². The van der Waals surface area contributed by atoms with Crippen LogP contribution in [0.15, 0.2) is 48.5 Å². The van der Waals surface area contributed by atoms with Crippen molar-refractivity contribution in [3.8, 4) is 11.1 Å². The zero-order chi connectivity index (χ0) is 32.2. The molecule has 0 aromatic heterocycles. The van der Waals surface area contributed by atoms with Crippen molar-refractivity contribution in [2.45, 2.75) is 139 Å². The van der Waals surface area contributed by atoms with Crippen LogP contribution in [0.25, 0.3) is 21.9 Å². The quantitative estimate of drug-likeness (QED) is 0.231. The highest BCUT2D eigenvalue weighted by Crippen LogP contribution is 2.61. The van der Waals surface area contributed by atoms with Gasteiger partial charge in [0.25, 0.3) is 0 Å². The summed E-state index contributed by atoms with van der Waals surface area (Å²) in [6.07, 6.45) is 24.6. The van der Waals surface area contributed by atoms with Crippen molar-refractivity contribution in [3.05, 3.63) is 48.5 Å². The summed E-state index contributed by atoms with van der Waals surface area (Å²) < 4.78 is 0. The van der Waals surface area contributed by atoms with Gasteiger partial charge >= 0.3 is 0 Å². The average Bonchev–Trinajstić information content (AvgIpc) is 3.97. The first kappa shape index (κ1) is 29.8. The van der Waals surface area contributed by atoms with Gasteiger partial charge in [0.2, 0.25) is 0 Å². The van der Waals surface area contributed by atoms with E-state index in [9.17, 15) is 0 Å². The van der Waals surface area contributed by atoms with Gasteiger partial charge in [0.05, 0.1) is 0 Å². The number of hydrogen-bond acceptors (Lipinski definition) is 0. The van der Waals surface area contributed by atoms with Crippen LogP contribution < -0.4 is 21.3 Å². The molecule has 12 unspecified atom stereocenters. The van der Waals surface area contributed by atoms with Crippen LogP contribution in [0, 0.1) is 47.3 Å². The molecule has 1 heterocycles. The van der Waals surface area contributed by atoms with Crippen LogP contribution in [-0.2, 0) is 0 Å². The second-order valence-electron chi connectivity index (χ2n) is 20.8. The van der Waals surface area contributed by atoms with E-state index in [-0.39, 0.29) is 0 Å². The minimum absolute atomic E-state index is 0.799. The minimum atomic E-state index is -1.90. The predicted octanol–water partition coefficient (Wildman–Crippen LogP) is 9.81. The molecule has 12 rings (SSSR count). The van der Waals surface area contributed by atoms with E-state index in [0.29, 0.717) is 0 Å². The van der Waals surface area contributed by atoms with E-state index in [2.05, 4.69) is 61.6 Å². The fourth-order valence-electron chi connectivity index (χ4n) is 16.7. The number of rotatable bonds is 6. The lowest BCUT2D eigenvalue weighted by Crippen LogP contribution is -2.58. The van der Waals surface area contributed by atoms with Gasteiger partial charge in [-0.15, -0.1) is 0 Å². The first-order chi connectivity index (χ1) is 24.0. The maximum atomic E-state index is 2.87. The molecule has 0 N–H and O–H groups in total. The lowest BCUT2D eigenvalue weighted by atomic mass is 9.26. The predicted molar refractivity (Wildman–Crippen MR) is 214 cm³/mol. The molecule has 8 aliphatic carbocycles. The fraction of sp³-hybridized carbons (Fsp3) is 0.652. The second kappa shape index (κ2) is 10.7. The fourth-order valence-corrected chi connectivity index (χ4v) is 19.8. The van der Waals surface area contributed by atoms with Crippen molar-refractivity contribution < 1.29 is 0 Å². The molecular weight excluding hydrogens is 602 g/mol. The van der Waals surface area contributed by atoms with Gasteiger partial charge in [-0.2, -0.15) is 0 Å². The molecule has 8 fully saturated rings. The molecule has 8 saturated carbocycles. The largest absolute Gasteiger partial charge is 0.183 e. The van der Waals surface area contributed by atoms with Crippen LogP contribution in [0.3, 0.4) is 0 Å². The van der Waals surface area contributed by atoms with E-state index in [1.165, 1.54) is 64.2 Å². The van der Waals surface area contributed by atoms with E-state index in [0.717, 1.165) is 84.0 Å². The Bertz CT molecular complexity index is 1790. The summed E-state index contributed by atoms with van der Waals surface area (Å²) in [6.45, 7) is 7.08. The molecule has 0 saturated heterocycles. The molecule has 49 heavy (non-hydrogen) atoms. The Hall–Kier alpha value is -1.73. The Morgan fingerprint density at radius 1 is 0.490 bits per heavy atom. The molecule has 0 nitrogen and oxygen atoms in total. The Morgan fingerprint density at radius 3 is 1.49 bits per heavy atom. The van der Waals surface area contributed by atoms with Gasteiger partial charge in [-0.3, -0.25) is 0 Å². The van der Waals surface area contributed by atoms with Gasteiger partial charge in [0, 0.05) is 0 Å². The summed E-state index contributed by atoms with van der Waals surface area (Å²) >= 11 is 0. The van der Waals surface area contributed by atoms with Crippen LogP contribution >= 0.6 is 0 Å². The van der Waals surface area contributed by atoms with Crippen LogP contribution in [0.1, 0.15) is 103 Å². The number of hydrogen-bond donors (Lipinski definition) is 0. The molecule has 8 bridgehead atoms. The summed E-state index contributed by atoms with van der Waals surface area (Å²) in [5, 5.41) is 6.88. The monoisotopic (exact) mass is 660 g/mol. The molecule has 252 valence electrons. The minimum Gasteiger partial charge on any atom is -0.0795 e. The van der Waals surface area contributed by atoms with Crippen molar-refractivity contribution >= 4 is 53.6 Å². The standard InChI is InChI=1S/C46H58B2Si/c1-49(2)44-5-3-4-38-39(48(42-24-29-8-12-33(42)20-29)43-25-30-9-13-34(43)21-30)17-16-37(46(38)44)36-15-14-35(26-45(36)49)47(40-22-27-6-10-31(40)18-27)41-23-28-7-11-32(41)19-28/h3-5,14-17,26-34,40-43H,6-13,18-25H2,1-2H3. The van der Waals surface area contributed by atoms with Gasteiger partial charge in [-0.05, 0) is 105 Å². The van der Waals surface area contributed by atoms with Crippen molar-refractivity contribution in [1.29, 1.82) is 0 Å². The zero-order valence-electron chi connectivity index (χ0n) is 30.5. The highest BCUT2D eigenvalue weighted by Gasteiger charge is 2.55. The molecular formula is C46H58B2Si. The topological polar surface area (TPSA) is 0 Å². The highest BCUT2D eigenvalue weighted by atomic mass is 28.3. The van der Waals surface area contributed by atoms with Crippen LogP contribution in [0.2, 0.25) is 36.4 Å². The third kappa shape index (κ3) is 4.24. The van der Waals surface area contributed by atoms with Gasteiger partial charge < -0.3 is 0 Å². The SMILES string of the molecule is C[Si]1(C)c2cc(B(C3CC4CCC3C4)C3CC4CCC3C4)ccc2-c2ccc(B(C3CC4CCC3C4)C3CC4CCC3C4)c3cccc1c23. The number of benzene rings is 3. The summed E-state index contributed by atoms with van der Waals surface area (Å²) in [5.41, 5.74) is 6.76. The van der Waals surface area contributed by atoms with Crippen LogP contribution in [0.4, 0.5) is 0 Å². The lowest BCUT2D eigenvalue weighted by Gasteiger charge is -2.40. The van der Waals surface area contributed by atoms with E-state index in [1.807, 2.05) is 0 Å². The van der Waals surface area contributed by atoms with Crippen molar-refractivity contribution in [3.63, 3.8) is 0 Å². The zero-order valence-corrected chi connectivity index (χ0v) is 31.5. The van der Waals surface area contributed by atoms with Crippen LogP contribution in [-0.4, -0.2) is 21.5 Å². The normalized spacial score (nSPS) is 41.3. The summed E-state index contributed by atoms with van der Waals surface area (Å²) in [6, 6.07) is 21.3. The van der Waals surface area contributed by atoms with Gasteiger partial charge in [0.15, 0.2) is 13.4 Å². The number of fused-ring (bicyclic) bond motifs is 10. The molecule has 3 aromatic rings. The highest BCUT2D eigenvalue weighted by molar-refractivity contribution is 7.03. The lowest BCUT2D eigenvalue weighted by molar-refractivity contribution is 0.441. The molecule has 3 aromatic carbocycles. The van der Waals surface area contributed by atoms with E-state index >= 15 is 0 Å². The maximum Gasteiger partial charge on any atom is 0.183 e. The third-order valence-corrected chi connectivity index (χ3v) is 22.0. The first-order valence-corrected chi connectivity index (χ1v) is 24.7. The molecule has 0 spiro atoms. The molecule has 3 heteroatoms. The Morgan fingerprint density at radius 2 is 1.00 bits per heavy atom. The average molecular weight is 661 g/mol. The second-order valence-corrected chi connectivity index (χ2v) is 25.1. The van der Waals surface area contributed by atoms with Crippen molar-refractivity contribution in [1.82, 2.24) is 0 Å². The van der Waals surface area contributed by atoms with Gasteiger partial charge in [0.1, 0.15) is 8.07 Å². The maximum absolute atomic E-state index is 2.87. The van der Waals surface area contributed by atoms with E-state index in [1.54, 1.807) is 81.7 Å². The molecule has 0 amide bonds. The molecule has 1 aliphatic heterocycles. The van der Waals surface area contributed by atoms with Gasteiger partial charge in [-0.1, -0.05) is 173 Å².